The van der Waals surface area contributed by atoms with Crippen molar-refractivity contribution in [1.29, 1.82) is 0 Å². The van der Waals surface area contributed by atoms with Crippen molar-refractivity contribution < 1.29 is 4.74 Å². The lowest BCUT2D eigenvalue weighted by atomic mass is 10.3. The highest BCUT2D eigenvalue weighted by Gasteiger charge is 2.13. The van der Waals surface area contributed by atoms with Crippen LogP contribution < -0.4 is 5.32 Å². The molecule has 0 aromatic carbocycles. The molecule has 1 aliphatic heterocycles. The van der Waals surface area contributed by atoms with Crippen LogP contribution in [0.1, 0.15) is 13.8 Å². The fraction of sp³-hybridized carbons (Fsp3) is 1.00. The molecule has 78 valence electrons. The van der Waals surface area contributed by atoms with Gasteiger partial charge in [-0.3, -0.25) is 4.90 Å². The number of ether oxygens (including phenoxy) is 1. The molecule has 1 heterocycles. The Bertz CT molecular complexity index is 138. The van der Waals surface area contributed by atoms with Gasteiger partial charge in [-0.1, -0.05) is 22.6 Å². The maximum atomic E-state index is 5.30. The lowest BCUT2D eigenvalue weighted by Gasteiger charge is -2.29. The molecule has 0 radical (unpaired) electrons. The molecular formula is C9H19IN2O. The minimum absolute atomic E-state index is 0.550. The molecule has 3 nitrogen and oxygen atoms in total. The molecule has 0 bridgehead atoms. The Balaban J connectivity index is 2.14. The highest BCUT2D eigenvalue weighted by molar-refractivity contribution is 14.1. The van der Waals surface area contributed by atoms with Gasteiger partial charge in [0.15, 0.2) is 0 Å². The highest BCUT2D eigenvalue weighted by atomic mass is 127. The number of nitrogens with zero attached hydrogens (tertiary/aromatic N) is 1. The van der Waals surface area contributed by atoms with E-state index >= 15 is 0 Å². The minimum atomic E-state index is 0.550. The Labute approximate surface area is 94.3 Å². The Kier molecular flexibility index (Phi) is 5.54. The van der Waals surface area contributed by atoms with E-state index in [1.165, 1.54) is 0 Å². The van der Waals surface area contributed by atoms with Crippen LogP contribution in [0.15, 0.2) is 0 Å². The normalized spacial score (nSPS) is 24.2. The van der Waals surface area contributed by atoms with Gasteiger partial charge < -0.3 is 10.1 Å². The zero-order valence-electron chi connectivity index (χ0n) is 8.42. The van der Waals surface area contributed by atoms with Crippen molar-refractivity contribution in [1.82, 2.24) is 10.2 Å². The summed E-state index contributed by atoms with van der Waals surface area (Å²) in [5, 5.41) is 3.49. The van der Waals surface area contributed by atoms with Gasteiger partial charge in [-0.25, -0.2) is 0 Å². The van der Waals surface area contributed by atoms with Crippen molar-refractivity contribution >= 4 is 22.6 Å². The predicted octanol–water partition coefficient (Wildman–Crippen LogP) is 1.08. The maximum Gasteiger partial charge on any atom is 0.0594 e. The van der Waals surface area contributed by atoms with Gasteiger partial charge in [0.25, 0.3) is 0 Å². The van der Waals surface area contributed by atoms with Crippen LogP contribution >= 0.6 is 22.6 Å². The third-order valence-electron chi connectivity index (χ3n) is 2.15. The molecule has 0 aliphatic carbocycles. The minimum Gasteiger partial charge on any atom is -0.379 e. The van der Waals surface area contributed by atoms with Gasteiger partial charge in [-0.15, -0.1) is 0 Å². The summed E-state index contributed by atoms with van der Waals surface area (Å²) in [5.74, 6) is 0. The Morgan fingerprint density at radius 3 is 2.54 bits per heavy atom. The third-order valence-corrected chi connectivity index (χ3v) is 2.51. The van der Waals surface area contributed by atoms with Crippen LogP contribution in [0.5, 0.6) is 0 Å². The number of alkyl halides is 1. The van der Waals surface area contributed by atoms with E-state index in [1.807, 2.05) is 0 Å². The van der Waals surface area contributed by atoms with Crippen LogP contribution in [0.25, 0.3) is 0 Å². The maximum absolute atomic E-state index is 5.30. The van der Waals surface area contributed by atoms with Crippen LogP contribution in [0, 0.1) is 0 Å². The van der Waals surface area contributed by atoms with Crippen LogP contribution in [0.3, 0.4) is 0 Å². The number of hydrogen-bond acceptors (Lipinski definition) is 3. The zero-order chi connectivity index (χ0) is 9.68. The summed E-state index contributed by atoms with van der Waals surface area (Å²) in [7, 11) is 0. The van der Waals surface area contributed by atoms with Gasteiger partial charge >= 0.3 is 0 Å². The van der Waals surface area contributed by atoms with Gasteiger partial charge in [0, 0.05) is 25.7 Å². The van der Waals surface area contributed by atoms with Crippen molar-refractivity contribution in [3.63, 3.8) is 0 Å². The predicted molar refractivity (Wildman–Crippen MR) is 63.3 cm³/mol. The molecule has 1 aliphatic rings. The van der Waals surface area contributed by atoms with Crippen molar-refractivity contribution in [2.45, 2.75) is 23.9 Å². The molecule has 0 aromatic rings. The zero-order valence-corrected chi connectivity index (χ0v) is 10.6. The fourth-order valence-corrected chi connectivity index (χ4v) is 2.23. The summed E-state index contributed by atoms with van der Waals surface area (Å²) in [6.07, 6.45) is 0. The van der Waals surface area contributed by atoms with Gasteiger partial charge in [0.05, 0.1) is 17.3 Å². The second-order valence-electron chi connectivity index (χ2n) is 3.60. The van der Waals surface area contributed by atoms with E-state index in [1.54, 1.807) is 0 Å². The van der Waals surface area contributed by atoms with E-state index in [4.69, 9.17) is 4.74 Å². The molecule has 1 fully saturated rings. The largest absolute Gasteiger partial charge is 0.379 e. The quantitative estimate of drug-likeness (QED) is 0.477. The van der Waals surface area contributed by atoms with Crippen LogP contribution in [0.2, 0.25) is 0 Å². The van der Waals surface area contributed by atoms with Gasteiger partial charge in [-0.05, 0) is 13.8 Å². The molecule has 0 spiro atoms. The Morgan fingerprint density at radius 2 is 2.00 bits per heavy atom. The summed E-state index contributed by atoms with van der Waals surface area (Å²) in [6, 6.07) is 0.574. The van der Waals surface area contributed by atoms with E-state index in [-0.39, 0.29) is 0 Å². The first kappa shape index (κ1) is 11.7. The van der Waals surface area contributed by atoms with Gasteiger partial charge in [-0.2, -0.15) is 0 Å². The molecule has 4 heteroatoms. The molecule has 0 amide bonds. The van der Waals surface area contributed by atoms with Crippen molar-refractivity contribution in [3.8, 4) is 0 Å². The van der Waals surface area contributed by atoms with Crippen LogP contribution in [-0.4, -0.2) is 47.8 Å². The topological polar surface area (TPSA) is 24.5 Å². The van der Waals surface area contributed by atoms with E-state index in [9.17, 15) is 0 Å². The second kappa shape index (κ2) is 6.16. The number of halogens is 1. The molecule has 13 heavy (non-hydrogen) atoms. The molecule has 1 N–H and O–H groups in total. The number of hydrogen-bond donors (Lipinski definition) is 1. The molecule has 1 unspecified atom stereocenters. The van der Waals surface area contributed by atoms with E-state index in [2.05, 4.69) is 46.7 Å². The van der Waals surface area contributed by atoms with E-state index in [0.29, 0.717) is 10.1 Å². The molecule has 1 saturated heterocycles. The lowest BCUT2D eigenvalue weighted by molar-refractivity contribution is 0.0344. The monoisotopic (exact) mass is 298 g/mol. The standard InChI is InChI=1S/C9H19IN2O/c1-8(11-9(2)10)7-12-3-5-13-6-4-12/h8-9,11H,3-7H2,1-2H3/t8-,9?/m0/s1. The average molecular weight is 298 g/mol. The lowest BCUT2D eigenvalue weighted by Crippen LogP contribution is -2.45. The molecule has 0 saturated carbocycles. The second-order valence-corrected chi connectivity index (χ2v) is 5.47. The van der Waals surface area contributed by atoms with Crippen molar-refractivity contribution in [2.24, 2.45) is 0 Å². The molecular weight excluding hydrogens is 279 g/mol. The molecule has 2 atom stereocenters. The van der Waals surface area contributed by atoms with E-state index in [0.717, 1.165) is 32.8 Å². The fourth-order valence-electron chi connectivity index (χ4n) is 1.62. The summed E-state index contributed by atoms with van der Waals surface area (Å²) in [6.45, 7) is 9.51. The highest BCUT2D eigenvalue weighted by Crippen LogP contribution is 2.01. The first-order valence-electron chi connectivity index (χ1n) is 4.88. The van der Waals surface area contributed by atoms with E-state index < -0.39 is 0 Å². The summed E-state index contributed by atoms with van der Waals surface area (Å²) < 4.78 is 5.85. The number of morpholine rings is 1. The Hall–Kier alpha value is 0.610. The van der Waals surface area contributed by atoms with Gasteiger partial charge in [0.2, 0.25) is 0 Å². The SMILES string of the molecule is CC(I)N[C@@H](C)CN1CCOCC1. The van der Waals surface area contributed by atoms with Crippen molar-refractivity contribution in [2.75, 3.05) is 32.8 Å². The first-order chi connectivity index (χ1) is 6.18. The first-order valence-corrected chi connectivity index (χ1v) is 6.13. The smallest absolute Gasteiger partial charge is 0.0594 e. The summed E-state index contributed by atoms with van der Waals surface area (Å²) in [4.78, 5) is 2.46. The number of nitrogens with one attached hydrogen (secondary N) is 1. The van der Waals surface area contributed by atoms with Crippen molar-refractivity contribution in [3.05, 3.63) is 0 Å². The average Bonchev–Trinajstić information content (AvgIpc) is 2.04. The Morgan fingerprint density at radius 1 is 1.38 bits per heavy atom. The molecule has 0 aromatic heterocycles. The van der Waals surface area contributed by atoms with Crippen LogP contribution in [0.4, 0.5) is 0 Å². The molecule has 1 rings (SSSR count). The summed E-state index contributed by atoms with van der Waals surface area (Å²) in [5.41, 5.74) is 0. The third kappa shape index (κ3) is 5.15. The summed E-state index contributed by atoms with van der Waals surface area (Å²) >= 11 is 2.40. The number of rotatable bonds is 4. The van der Waals surface area contributed by atoms with Crippen LogP contribution in [-0.2, 0) is 4.74 Å². The van der Waals surface area contributed by atoms with Gasteiger partial charge in [0.1, 0.15) is 0 Å².